The fourth-order valence-electron chi connectivity index (χ4n) is 3.16. The molecule has 0 aliphatic carbocycles. The molecule has 0 bridgehead atoms. The lowest BCUT2D eigenvalue weighted by atomic mass is 10.0. The Kier molecular flexibility index (Phi) is 6.12. The number of amides is 1. The molecule has 0 fully saturated rings. The minimum absolute atomic E-state index is 0.133. The highest BCUT2D eigenvalue weighted by Gasteiger charge is 2.28. The van der Waals surface area contributed by atoms with Gasteiger partial charge in [-0.15, -0.1) is 0 Å². The van der Waals surface area contributed by atoms with Gasteiger partial charge in [0.2, 0.25) is 5.91 Å². The fourth-order valence-corrected chi connectivity index (χ4v) is 3.16. The van der Waals surface area contributed by atoms with E-state index in [1.165, 1.54) is 17.1 Å². The molecule has 1 amide bonds. The van der Waals surface area contributed by atoms with Crippen molar-refractivity contribution < 1.29 is 13.6 Å². The monoisotopic (exact) mass is 398 g/mol. The average molecular weight is 398 g/mol. The second-order valence-corrected chi connectivity index (χ2v) is 6.81. The summed E-state index contributed by atoms with van der Waals surface area (Å²) in [5.74, 6) is -0.515. The number of carbonyl (C=O) groups is 1. The molecule has 0 saturated heterocycles. The molecule has 29 heavy (non-hydrogen) atoms. The van der Waals surface area contributed by atoms with Gasteiger partial charge in [-0.3, -0.25) is 4.79 Å². The van der Waals surface area contributed by atoms with E-state index in [-0.39, 0.29) is 18.7 Å². The molecule has 9 heteroatoms. The zero-order valence-electron chi connectivity index (χ0n) is 16.0. The minimum Gasteiger partial charge on any atom is -0.273 e. The molecule has 150 valence electrons. The zero-order chi connectivity index (χ0) is 21.0. The molecule has 1 aromatic carbocycles. The first-order valence-electron chi connectivity index (χ1n) is 9.11. The van der Waals surface area contributed by atoms with Crippen molar-refractivity contribution in [2.24, 2.45) is 5.10 Å². The van der Waals surface area contributed by atoms with Crippen molar-refractivity contribution in [3.8, 4) is 6.07 Å². The second kappa shape index (κ2) is 8.73. The molecule has 2 heterocycles. The van der Waals surface area contributed by atoms with Crippen LogP contribution in [-0.2, 0) is 17.8 Å². The van der Waals surface area contributed by atoms with E-state index in [2.05, 4.69) is 21.8 Å². The van der Waals surface area contributed by atoms with Gasteiger partial charge in [0.1, 0.15) is 17.5 Å². The molecule has 7 nitrogen and oxygen atoms in total. The van der Waals surface area contributed by atoms with Gasteiger partial charge in [0.05, 0.1) is 25.1 Å². The Morgan fingerprint density at radius 3 is 2.72 bits per heavy atom. The molecule has 0 spiro atoms. The minimum atomic E-state index is -0.688. The Balaban J connectivity index is 1.59. The van der Waals surface area contributed by atoms with Crippen LogP contribution in [0.15, 0.2) is 35.5 Å². The standard InChI is InChI=1S/C20H20F2N6O/c1-13(12-27-14(2)25-19(26-27)5-7-23)3-4-20(29)28-18(6-8-24-28)15-9-16(21)11-17(22)10-15/h8-11,18H,1,3-6,12H2,2H3. The third-order valence-corrected chi connectivity index (χ3v) is 4.56. The molecule has 1 aliphatic rings. The van der Waals surface area contributed by atoms with Crippen molar-refractivity contribution >= 4 is 12.1 Å². The number of hydrogen-bond acceptors (Lipinski definition) is 5. The molecule has 1 aliphatic heterocycles. The number of allylic oxidation sites excluding steroid dienone is 1. The summed E-state index contributed by atoms with van der Waals surface area (Å²) in [6, 6.07) is 4.71. The molecule has 3 rings (SSSR count). The van der Waals surface area contributed by atoms with Crippen LogP contribution in [0.1, 0.15) is 42.5 Å². The maximum atomic E-state index is 13.5. The number of benzene rings is 1. The average Bonchev–Trinajstić information content (AvgIpc) is 3.26. The number of hydrazone groups is 1. The van der Waals surface area contributed by atoms with E-state index in [1.54, 1.807) is 17.8 Å². The highest BCUT2D eigenvalue weighted by molar-refractivity contribution is 5.80. The molecule has 0 N–H and O–H groups in total. The van der Waals surface area contributed by atoms with Gasteiger partial charge >= 0.3 is 0 Å². The van der Waals surface area contributed by atoms with Crippen LogP contribution in [-0.4, -0.2) is 31.9 Å². The van der Waals surface area contributed by atoms with E-state index < -0.39 is 17.7 Å². The van der Waals surface area contributed by atoms with Gasteiger partial charge in [-0.2, -0.15) is 15.5 Å². The maximum absolute atomic E-state index is 13.5. The van der Waals surface area contributed by atoms with E-state index in [0.717, 1.165) is 11.6 Å². The van der Waals surface area contributed by atoms with Gasteiger partial charge in [0.15, 0.2) is 5.82 Å². The molecule has 2 aromatic rings. The molecule has 1 aromatic heterocycles. The lowest BCUT2D eigenvalue weighted by Crippen LogP contribution is -2.27. The van der Waals surface area contributed by atoms with Gasteiger partial charge in [-0.05, 0) is 31.0 Å². The molecule has 1 atom stereocenters. The van der Waals surface area contributed by atoms with E-state index in [9.17, 15) is 13.6 Å². The molecular formula is C20H20F2N6O. The van der Waals surface area contributed by atoms with Gasteiger partial charge < -0.3 is 0 Å². The van der Waals surface area contributed by atoms with Crippen LogP contribution >= 0.6 is 0 Å². The van der Waals surface area contributed by atoms with Crippen LogP contribution in [0.25, 0.3) is 0 Å². The number of halogens is 2. The van der Waals surface area contributed by atoms with Crippen molar-refractivity contribution in [1.29, 1.82) is 5.26 Å². The van der Waals surface area contributed by atoms with Crippen LogP contribution in [0.4, 0.5) is 8.78 Å². The number of carbonyl (C=O) groups excluding carboxylic acids is 1. The number of aromatic nitrogens is 3. The van der Waals surface area contributed by atoms with Gasteiger partial charge in [0, 0.05) is 25.1 Å². The van der Waals surface area contributed by atoms with Crippen molar-refractivity contribution in [2.75, 3.05) is 0 Å². The van der Waals surface area contributed by atoms with Gasteiger partial charge in [-0.1, -0.05) is 12.2 Å². The van der Waals surface area contributed by atoms with E-state index in [1.807, 2.05) is 6.07 Å². The van der Waals surface area contributed by atoms with Gasteiger partial charge in [-0.25, -0.2) is 23.5 Å². The summed E-state index contributed by atoms with van der Waals surface area (Å²) in [6.07, 6.45) is 2.66. The number of nitriles is 1. The molecule has 0 radical (unpaired) electrons. The Morgan fingerprint density at radius 1 is 1.31 bits per heavy atom. The van der Waals surface area contributed by atoms with Crippen molar-refractivity contribution in [1.82, 2.24) is 19.8 Å². The number of aryl methyl sites for hydroxylation is 1. The van der Waals surface area contributed by atoms with Crippen LogP contribution in [0.2, 0.25) is 0 Å². The van der Waals surface area contributed by atoms with Crippen LogP contribution < -0.4 is 0 Å². The van der Waals surface area contributed by atoms with E-state index in [0.29, 0.717) is 36.6 Å². The second-order valence-electron chi connectivity index (χ2n) is 6.81. The SMILES string of the molecule is C=C(CCC(=O)N1N=CCC1c1cc(F)cc(F)c1)Cn1nc(CC#N)nc1C. The van der Waals surface area contributed by atoms with Crippen LogP contribution in [0.5, 0.6) is 0 Å². The first-order valence-corrected chi connectivity index (χ1v) is 9.11. The third-order valence-electron chi connectivity index (χ3n) is 4.56. The Hall–Kier alpha value is -3.41. The third kappa shape index (κ3) is 4.90. The first-order chi connectivity index (χ1) is 13.9. The first kappa shape index (κ1) is 20.3. The van der Waals surface area contributed by atoms with E-state index >= 15 is 0 Å². The highest BCUT2D eigenvalue weighted by atomic mass is 19.1. The summed E-state index contributed by atoms with van der Waals surface area (Å²) in [4.78, 5) is 16.8. The Bertz CT molecular complexity index is 987. The predicted octanol–water partition coefficient (Wildman–Crippen LogP) is 3.23. The molecular weight excluding hydrogens is 378 g/mol. The quantitative estimate of drug-likeness (QED) is 0.670. The lowest BCUT2D eigenvalue weighted by Gasteiger charge is -2.22. The topological polar surface area (TPSA) is 87.2 Å². The number of nitrogens with zero attached hydrogens (tertiary/aromatic N) is 6. The van der Waals surface area contributed by atoms with Crippen molar-refractivity contribution in [3.63, 3.8) is 0 Å². The zero-order valence-corrected chi connectivity index (χ0v) is 16.0. The predicted molar refractivity (Wildman–Crippen MR) is 102 cm³/mol. The number of hydrogen-bond donors (Lipinski definition) is 0. The lowest BCUT2D eigenvalue weighted by molar-refractivity contribution is -0.133. The van der Waals surface area contributed by atoms with Crippen molar-refractivity contribution in [2.45, 2.75) is 45.2 Å². The maximum Gasteiger partial charge on any atom is 0.243 e. The Morgan fingerprint density at radius 2 is 2.03 bits per heavy atom. The Labute approximate surface area is 167 Å². The van der Waals surface area contributed by atoms with Crippen LogP contribution in [0, 0.1) is 29.9 Å². The van der Waals surface area contributed by atoms with E-state index in [4.69, 9.17) is 5.26 Å². The van der Waals surface area contributed by atoms with Crippen LogP contribution in [0.3, 0.4) is 0 Å². The summed E-state index contributed by atoms with van der Waals surface area (Å²) < 4.78 is 28.7. The molecule has 1 unspecified atom stereocenters. The van der Waals surface area contributed by atoms with Crippen molar-refractivity contribution in [3.05, 3.63) is 59.2 Å². The summed E-state index contributed by atoms with van der Waals surface area (Å²) >= 11 is 0. The normalized spacial score (nSPS) is 15.5. The summed E-state index contributed by atoms with van der Waals surface area (Å²) in [7, 11) is 0. The smallest absolute Gasteiger partial charge is 0.243 e. The molecule has 0 saturated carbocycles. The summed E-state index contributed by atoms with van der Waals surface area (Å²) in [5.41, 5.74) is 1.14. The summed E-state index contributed by atoms with van der Waals surface area (Å²) in [6.45, 7) is 6.16. The number of rotatable bonds is 7. The largest absolute Gasteiger partial charge is 0.273 e. The highest BCUT2D eigenvalue weighted by Crippen LogP contribution is 2.30. The van der Waals surface area contributed by atoms with Gasteiger partial charge in [0.25, 0.3) is 0 Å². The fraction of sp³-hybridized carbons (Fsp3) is 0.350. The summed E-state index contributed by atoms with van der Waals surface area (Å²) in [5, 5.41) is 18.3.